The maximum Gasteiger partial charge on any atom is 0.260 e. The first-order chi connectivity index (χ1) is 18.3. The zero-order valence-corrected chi connectivity index (χ0v) is 23.0. The molecule has 0 spiro atoms. The van der Waals surface area contributed by atoms with Crippen molar-refractivity contribution in [2.75, 3.05) is 69.5 Å². The lowest BCUT2D eigenvalue weighted by molar-refractivity contribution is 0.0779. The first-order valence-corrected chi connectivity index (χ1v) is 12.8. The van der Waals surface area contributed by atoms with Crippen molar-refractivity contribution in [2.24, 2.45) is 0 Å². The fourth-order valence-corrected chi connectivity index (χ4v) is 4.63. The van der Waals surface area contributed by atoms with E-state index in [4.69, 9.17) is 4.74 Å². The third-order valence-corrected chi connectivity index (χ3v) is 7.09. The predicted molar refractivity (Wildman–Crippen MR) is 153 cm³/mol. The summed E-state index contributed by atoms with van der Waals surface area (Å²) >= 11 is 0. The molecule has 0 unspecified atom stereocenters. The molecule has 0 fully saturated rings. The number of para-hydroxylation sites is 1. The van der Waals surface area contributed by atoms with Crippen molar-refractivity contribution in [3.8, 4) is 5.75 Å². The van der Waals surface area contributed by atoms with Gasteiger partial charge in [-0.3, -0.25) is 9.59 Å². The van der Waals surface area contributed by atoms with Crippen LogP contribution in [0.2, 0.25) is 0 Å². The zero-order chi connectivity index (χ0) is 27.4. The fraction of sp³-hybridized carbons (Fsp3) is 0.345. The van der Waals surface area contributed by atoms with Crippen LogP contribution in [-0.2, 0) is 0 Å². The number of nitrogens with one attached hydrogen (secondary N) is 1. The minimum atomic E-state index is -0.0910. The number of pyridine rings is 1. The number of fused-ring (bicyclic) bond motifs is 2. The Kier molecular flexibility index (Phi) is 8.16. The summed E-state index contributed by atoms with van der Waals surface area (Å²) < 4.78 is 5.57. The van der Waals surface area contributed by atoms with Crippen molar-refractivity contribution in [1.82, 2.24) is 14.8 Å². The number of ether oxygens (including phenoxy) is 1. The van der Waals surface area contributed by atoms with Crippen molar-refractivity contribution in [3.05, 3.63) is 65.9 Å². The lowest BCUT2D eigenvalue weighted by Crippen LogP contribution is -2.36. The van der Waals surface area contributed by atoms with E-state index in [0.29, 0.717) is 40.6 Å². The molecule has 9 nitrogen and oxygen atoms in total. The molecule has 4 rings (SSSR count). The highest BCUT2D eigenvalue weighted by Gasteiger charge is 2.27. The summed E-state index contributed by atoms with van der Waals surface area (Å²) in [6, 6.07) is 14.8. The van der Waals surface area contributed by atoms with E-state index in [2.05, 4.69) is 29.0 Å². The third kappa shape index (κ3) is 5.28. The number of anilines is 5. The normalized spacial score (nSPS) is 12.7. The van der Waals surface area contributed by atoms with Crippen LogP contribution in [0.4, 0.5) is 28.6 Å². The number of hydrogen-bond donors (Lipinski definition) is 1. The van der Waals surface area contributed by atoms with Gasteiger partial charge in [-0.2, -0.15) is 0 Å². The summed E-state index contributed by atoms with van der Waals surface area (Å²) in [6.07, 6.45) is 1.68. The smallest absolute Gasteiger partial charge is 0.260 e. The average molecular weight is 517 g/mol. The number of methoxy groups -OCH3 is 1. The molecule has 1 N–H and O–H groups in total. The summed E-state index contributed by atoms with van der Waals surface area (Å²) in [4.78, 5) is 38.5. The lowest BCUT2D eigenvalue weighted by Gasteiger charge is -2.24. The number of carbonyl (C=O) groups is 2. The first kappa shape index (κ1) is 26.9. The second-order valence-corrected chi connectivity index (χ2v) is 9.29. The summed E-state index contributed by atoms with van der Waals surface area (Å²) in [5.41, 5.74) is 4.15. The maximum absolute atomic E-state index is 13.2. The molecule has 2 aromatic carbocycles. The number of nitrogens with zero attached hydrogens (tertiary/aromatic N) is 5. The number of aromatic nitrogens is 1. The second kappa shape index (κ2) is 11.5. The molecule has 200 valence electrons. The Morgan fingerprint density at radius 3 is 2.42 bits per heavy atom. The number of carbonyl (C=O) groups excluding carboxylic acids is 2. The van der Waals surface area contributed by atoms with E-state index in [-0.39, 0.29) is 11.8 Å². The molecule has 3 aromatic rings. The van der Waals surface area contributed by atoms with Gasteiger partial charge < -0.3 is 29.7 Å². The minimum absolute atomic E-state index is 0.0609. The van der Waals surface area contributed by atoms with Crippen LogP contribution in [0.5, 0.6) is 5.75 Å². The van der Waals surface area contributed by atoms with Crippen LogP contribution in [0.1, 0.15) is 34.6 Å². The zero-order valence-electron chi connectivity index (χ0n) is 23.0. The average Bonchev–Trinajstić information content (AvgIpc) is 3.02. The van der Waals surface area contributed by atoms with E-state index < -0.39 is 0 Å². The standard InChI is InChI=1S/C29H36N6O3/c1-7-35(8-2)16-15-32(3)28(36)20-13-14-26(38-6)22(17-20)31-27-18-24-25(19-30-27)34(5)29(37)21-11-9-10-12-23(21)33(24)4/h9-14,17-19H,7-8,15-16H2,1-6H3,(H,30,31). The van der Waals surface area contributed by atoms with E-state index >= 15 is 0 Å². The van der Waals surface area contributed by atoms with Crippen LogP contribution in [0, 0.1) is 0 Å². The van der Waals surface area contributed by atoms with Gasteiger partial charge in [0.05, 0.1) is 41.6 Å². The molecule has 9 heteroatoms. The third-order valence-electron chi connectivity index (χ3n) is 7.09. The predicted octanol–water partition coefficient (Wildman–Crippen LogP) is 4.61. The molecule has 38 heavy (non-hydrogen) atoms. The van der Waals surface area contributed by atoms with Gasteiger partial charge in [0.15, 0.2) is 0 Å². The van der Waals surface area contributed by atoms with Crippen LogP contribution in [0.25, 0.3) is 0 Å². The van der Waals surface area contributed by atoms with Gasteiger partial charge in [-0.25, -0.2) is 4.98 Å². The Labute approximate surface area is 224 Å². The van der Waals surface area contributed by atoms with Gasteiger partial charge in [-0.1, -0.05) is 26.0 Å². The van der Waals surface area contributed by atoms with E-state index in [9.17, 15) is 9.59 Å². The van der Waals surface area contributed by atoms with Crippen LogP contribution in [0.15, 0.2) is 54.7 Å². The van der Waals surface area contributed by atoms with Gasteiger partial charge in [0, 0.05) is 45.9 Å². The van der Waals surface area contributed by atoms with Crippen molar-refractivity contribution in [1.29, 1.82) is 0 Å². The van der Waals surface area contributed by atoms with E-state index in [1.807, 2.05) is 49.3 Å². The summed E-state index contributed by atoms with van der Waals surface area (Å²) in [6.45, 7) is 7.61. The molecule has 0 saturated heterocycles. The Bertz CT molecular complexity index is 1320. The van der Waals surface area contributed by atoms with Crippen molar-refractivity contribution >= 4 is 40.4 Å². The van der Waals surface area contributed by atoms with Crippen LogP contribution in [-0.4, -0.2) is 81.0 Å². The van der Waals surface area contributed by atoms with Gasteiger partial charge in [-0.05, 0) is 43.4 Å². The molecule has 0 radical (unpaired) electrons. The van der Waals surface area contributed by atoms with Crippen LogP contribution in [0.3, 0.4) is 0 Å². The molecule has 0 aliphatic carbocycles. The summed E-state index contributed by atoms with van der Waals surface area (Å²) in [5.74, 6) is 1.00. The molecule has 2 heterocycles. The lowest BCUT2D eigenvalue weighted by atomic mass is 10.1. The van der Waals surface area contributed by atoms with Gasteiger partial charge in [0.1, 0.15) is 11.6 Å². The Morgan fingerprint density at radius 2 is 1.71 bits per heavy atom. The van der Waals surface area contributed by atoms with Gasteiger partial charge in [-0.15, -0.1) is 0 Å². The largest absolute Gasteiger partial charge is 0.495 e. The molecule has 0 saturated carbocycles. The molecule has 2 amide bonds. The molecule has 1 aromatic heterocycles. The maximum atomic E-state index is 13.2. The van der Waals surface area contributed by atoms with Crippen molar-refractivity contribution < 1.29 is 14.3 Å². The Morgan fingerprint density at radius 1 is 0.974 bits per heavy atom. The first-order valence-electron chi connectivity index (χ1n) is 12.8. The number of hydrogen-bond acceptors (Lipinski definition) is 7. The van der Waals surface area contributed by atoms with Crippen molar-refractivity contribution in [2.45, 2.75) is 13.8 Å². The fourth-order valence-electron chi connectivity index (χ4n) is 4.63. The quantitative estimate of drug-likeness (QED) is 0.445. The molecular formula is C29H36N6O3. The van der Waals surface area contributed by atoms with Crippen LogP contribution >= 0.6 is 0 Å². The molecule has 1 aliphatic rings. The Balaban J connectivity index is 1.62. The highest BCUT2D eigenvalue weighted by molar-refractivity contribution is 6.13. The minimum Gasteiger partial charge on any atom is -0.495 e. The number of likely N-dealkylation sites (N-methyl/N-ethyl adjacent to an activating group) is 2. The van der Waals surface area contributed by atoms with E-state index in [1.54, 1.807) is 48.4 Å². The topological polar surface area (TPSA) is 81.2 Å². The number of rotatable bonds is 9. The summed E-state index contributed by atoms with van der Waals surface area (Å²) in [5, 5.41) is 3.32. The van der Waals surface area contributed by atoms with E-state index in [0.717, 1.165) is 31.0 Å². The monoisotopic (exact) mass is 516 g/mol. The highest BCUT2D eigenvalue weighted by Crippen LogP contribution is 2.40. The molecular weight excluding hydrogens is 480 g/mol. The number of amides is 2. The van der Waals surface area contributed by atoms with Crippen molar-refractivity contribution in [3.63, 3.8) is 0 Å². The van der Waals surface area contributed by atoms with Gasteiger partial charge in [0.2, 0.25) is 0 Å². The SMILES string of the molecule is CCN(CC)CCN(C)C(=O)c1ccc(OC)c(Nc2cc3c(cn2)N(C)C(=O)c2ccccc2N3C)c1. The van der Waals surface area contributed by atoms with Crippen LogP contribution < -0.4 is 19.9 Å². The Hall–Kier alpha value is -4.11. The highest BCUT2D eigenvalue weighted by atomic mass is 16.5. The second-order valence-electron chi connectivity index (χ2n) is 9.29. The molecule has 0 atom stereocenters. The van der Waals surface area contributed by atoms with Gasteiger partial charge >= 0.3 is 0 Å². The van der Waals surface area contributed by atoms with Gasteiger partial charge in [0.25, 0.3) is 11.8 Å². The molecule has 0 bridgehead atoms. The number of benzene rings is 2. The van der Waals surface area contributed by atoms with E-state index in [1.165, 1.54) is 0 Å². The molecule has 1 aliphatic heterocycles. The summed E-state index contributed by atoms with van der Waals surface area (Å²) in [7, 11) is 7.10.